The highest BCUT2D eigenvalue weighted by molar-refractivity contribution is 7.17. The highest BCUT2D eigenvalue weighted by Gasteiger charge is 2.42. The number of likely N-dealkylation sites (tertiary alicyclic amines) is 2. The molecule has 4 aliphatic rings. The van der Waals surface area contributed by atoms with E-state index in [0.29, 0.717) is 31.4 Å². The summed E-state index contributed by atoms with van der Waals surface area (Å²) in [7, 11) is 5.64. The molecule has 6 rings (SSSR count). The number of likely N-dealkylation sites (N-methyl/N-ethyl adjacent to an activating group) is 2. The van der Waals surface area contributed by atoms with Crippen LogP contribution >= 0.6 is 11.3 Å². The zero-order valence-electron chi connectivity index (χ0n) is 35.5. The summed E-state index contributed by atoms with van der Waals surface area (Å²) >= 11 is 1.72. The van der Waals surface area contributed by atoms with Crippen molar-refractivity contribution in [2.45, 2.75) is 127 Å². The highest BCUT2D eigenvalue weighted by atomic mass is 32.1. The molecule has 12 heteroatoms. The van der Waals surface area contributed by atoms with Gasteiger partial charge in [-0.1, -0.05) is 44.2 Å². The molecule has 1 saturated carbocycles. The standard InChI is InChI=1S/C30H47N3O3S.C15H29N3O2/c1-31-21-25(20-23-10-4-3-5-11-23)32-29(34)33-17-9-12-24(22-33)30(35,16-6-7-18-36-2)27-13-8-14-28-26(27)15-19-37-28;1-16-12-14(11-13-5-9-20-10-6-13)17-15(19)18-7-3-2-4-8-18/h8,13-15,19,23-25,31,35H,3-7,9-12,16-18,20-22H2,1-2H3,(H,32,34);13-14,16H,2-12H2,1H3,(H,17,19)/t24-,25+,30+;14-/m11/s1. The number of thiophene rings is 1. The topological polar surface area (TPSA) is 127 Å². The molecule has 0 radical (unpaired) electrons. The summed E-state index contributed by atoms with van der Waals surface area (Å²) in [6.45, 7) is 7.24. The molecule has 4 amide bonds. The zero-order chi connectivity index (χ0) is 40.3. The van der Waals surface area contributed by atoms with Gasteiger partial charge in [0.05, 0.1) is 5.60 Å². The Morgan fingerprint density at radius 1 is 0.825 bits per heavy atom. The quantitative estimate of drug-likeness (QED) is 0.105. The van der Waals surface area contributed by atoms with Crippen LogP contribution in [0.3, 0.4) is 0 Å². The molecule has 1 aromatic heterocycles. The molecule has 0 unspecified atom stereocenters. The summed E-state index contributed by atoms with van der Waals surface area (Å²) in [5.74, 6) is 1.40. The first kappa shape index (κ1) is 45.6. The lowest BCUT2D eigenvalue weighted by molar-refractivity contribution is -0.0552. The van der Waals surface area contributed by atoms with Gasteiger partial charge in [-0.25, -0.2) is 9.59 Å². The highest BCUT2D eigenvalue weighted by Crippen LogP contribution is 2.43. The van der Waals surface area contributed by atoms with E-state index in [1.165, 1.54) is 43.2 Å². The van der Waals surface area contributed by atoms with E-state index in [1.807, 2.05) is 23.9 Å². The molecular weight excluding hydrogens is 737 g/mol. The van der Waals surface area contributed by atoms with Crippen molar-refractivity contribution >= 4 is 33.5 Å². The number of unbranched alkanes of at least 4 members (excludes halogenated alkanes) is 1. The largest absolute Gasteiger partial charge is 0.385 e. The fourth-order valence-electron chi connectivity index (χ4n) is 9.84. The molecule has 11 nitrogen and oxygen atoms in total. The van der Waals surface area contributed by atoms with Gasteiger partial charge in [0, 0.05) is 88.9 Å². The van der Waals surface area contributed by atoms with Crippen molar-refractivity contribution < 1.29 is 24.2 Å². The molecule has 1 aliphatic carbocycles. The second-order valence-electron chi connectivity index (χ2n) is 17.3. The van der Waals surface area contributed by atoms with Gasteiger partial charge in [0.15, 0.2) is 0 Å². The summed E-state index contributed by atoms with van der Waals surface area (Å²) in [6.07, 6.45) is 18.8. The van der Waals surface area contributed by atoms with Gasteiger partial charge < -0.3 is 45.6 Å². The van der Waals surface area contributed by atoms with Crippen LogP contribution in [0.2, 0.25) is 0 Å². The summed E-state index contributed by atoms with van der Waals surface area (Å²) in [5, 5.41) is 28.7. The number of methoxy groups -OCH3 is 1. The number of carbonyl (C=O) groups is 2. The van der Waals surface area contributed by atoms with Crippen molar-refractivity contribution in [1.82, 2.24) is 31.1 Å². The van der Waals surface area contributed by atoms with Gasteiger partial charge in [-0.15, -0.1) is 11.3 Å². The fraction of sp³-hybridized carbons (Fsp3) is 0.778. The van der Waals surface area contributed by atoms with Crippen molar-refractivity contribution in [2.24, 2.45) is 17.8 Å². The lowest BCUT2D eigenvalue weighted by atomic mass is 9.73. The predicted octanol–water partition coefficient (Wildman–Crippen LogP) is 7.47. The van der Waals surface area contributed by atoms with Crippen LogP contribution in [-0.2, 0) is 15.1 Å². The SMILES string of the molecule is CNC[C@@H](CC1CCOCC1)NC(=O)N1CCCCC1.CNC[C@H](CC1CCCCC1)NC(=O)N1CCC[C@@H]([C@@](O)(CCCCOC)c2cccc3sccc23)C1. The van der Waals surface area contributed by atoms with Crippen LogP contribution in [0.5, 0.6) is 0 Å². The van der Waals surface area contributed by atoms with E-state index in [-0.39, 0.29) is 30.1 Å². The van der Waals surface area contributed by atoms with Gasteiger partial charge in [0.25, 0.3) is 0 Å². The van der Waals surface area contributed by atoms with E-state index in [0.717, 1.165) is 121 Å². The molecule has 3 aliphatic heterocycles. The maximum atomic E-state index is 13.5. The number of amides is 4. The summed E-state index contributed by atoms with van der Waals surface area (Å²) in [5.41, 5.74) is 0.0426. The summed E-state index contributed by atoms with van der Waals surface area (Å²) in [6, 6.07) is 8.95. The van der Waals surface area contributed by atoms with Gasteiger partial charge >= 0.3 is 12.1 Å². The molecule has 0 spiro atoms. The zero-order valence-corrected chi connectivity index (χ0v) is 36.4. The van der Waals surface area contributed by atoms with Gasteiger partial charge in [0.2, 0.25) is 0 Å². The van der Waals surface area contributed by atoms with Crippen LogP contribution in [0.4, 0.5) is 9.59 Å². The first-order chi connectivity index (χ1) is 27.8. The van der Waals surface area contributed by atoms with Crippen molar-refractivity contribution in [2.75, 3.05) is 80.3 Å². The number of nitrogens with zero attached hydrogens (tertiary/aromatic N) is 2. The molecule has 4 atom stereocenters. The van der Waals surface area contributed by atoms with Crippen LogP contribution in [0.1, 0.15) is 115 Å². The Balaban J connectivity index is 0.000000261. The van der Waals surface area contributed by atoms with Gasteiger partial charge in [-0.2, -0.15) is 0 Å². The average molecular weight is 813 g/mol. The minimum absolute atomic E-state index is 0.00106. The molecule has 3 saturated heterocycles. The number of fused-ring (bicyclic) bond motifs is 1. The third-order valence-electron chi connectivity index (χ3n) is 13.0. The summed E-state index contributed by atoms with van der Waals surface area (Å²) in [4.78, 5) is 29.7. The Morgan fingerprint density at radius 3 is 2.12 bits per heavy atom. The number of carbonyl (C=O) groups excluding carboxylic acids is 2. The first-order valence-electron chi connectivity index (χ1n) is 22.5. The number of piperidine rings is 2. The fourth-order valence-corrected chi connectivity index (χ4v) is 10.7. The number of ether oxygens (including phenoxy) is 2. The Bertz CT molecular complexity index is 1440. The van der Waals surface area contributed by atoms with Gasteiger partial charge in [-0.05, 0) is 131 Å². The van der Waals surface area contributed by atoms with Gasteiger partial charge in [-0.3, -0.25) is 0 Å². The number of hydrogen-bond acceptors (Lipinski definition) is 8. The molecular formula is C45H76N6O5S. The number of nitrogens with one attached hydrogen (secondary N) is 4. The van der Waals surface area contributed by atoms with Crippen molar-refractivity contribution in [3.05, 3.63) is 35.2 Å². The monoisotopic (exact) mass is 813 g/mol. The number of aliphatic hydroxyl groups is 1. The number of benzene rings is 1. The van der Waals surface area contributed by atoms with Crippen molar-refractivity contribution in [1.29, 1.82) is 0 Å². The van der Waals surface area contributed by atoms with E-state index in [9.17, 15) is 14.7 Å². The van der Waals surface area contributed by atoms with Crippen LogP contribution in [-0.4, -0.2) is 119 Å². The Kier molecular flexibility index (Phi) is 19.7. The summed E-state index contributed by atoms with van der Waals surface area (Å²) < 4.78 is 11.9. The third kappa shape index (κ3) is 14.1. The van der Waals surface area contributed by atoms with Crippen LogP contribution < -0.4 is 21.3 Å². The smallest absolute Gasteiger partial charge is 0.317 e. The third-order valence-corrected chi connectivity index (χ3v) is 13.9. The molecule has 57 heavy (non-hydrogen) atoms. The molecule has 4 fully saturated rings. The normalized spacial score (nSPS) is 21.9. The van der Waals surface area contributed by atoms with E-state index in [1.54, 1.807) is 18.4 Å². The second kappa shape index (κ2) is 24.6. The predicted molar refractivity (Wildman–Crippen MR) is 233 cm³/mol. The molecule has 2 aromatic rings. The Morgan fingerprint density at radius 2 is 1.46 bits per heavy atom. The van der Waals surface area contributed by atoms with Crippen molar-refractivity contribution in [3.63, 3.8) is 0 Å². The lowest BCUT2D eigenvalue weighted by Gasteiger charge is -2.43. The minimum Gasteiger partial charge on any atom is -0.385 e. The second-order valence-corrected chi connectivity index (χ2v) is 18.2. The first-order valence-corrected chi connectivity index (χ1v) is 23.4. The van der Waals surface area contributed by atoms with Crippen LogP contribution in [0.15, 0.2) is 29.6 Å². The molecule has 5 N–H and O–H groups in total. The number of urea groups is 2. The number of hydrogen-bond donors (Lipinski definition) is 5. The number of rotatable bonds is 17. The molecule has 1 aromatic carbocycles. The Hall–Kier alpha value is -2.48. The molecule has 0 bridgehead atoms. The maximum absolute atomic E-state index is 13.5. The van der Waals surface area contributed by atoms with E-state index >= 15 is 0 Å². The van der Waals surface area contributed by atoms with E-state index in [4.69, 9.17) is 9.47 Å². The Labute approximate surface area is 347 Å². The minimum atomic E-state index is -0.972. The maximum Gasteiger partial charge on any atom is 0.317 e. The van der Waals surface area contributed by atoms with Gasteiger partial charge in [0.1, 0.15) is 0 Å². The lowest BCUT2D eigenvalue weighted by Crippen LogP contribution is -2.54. The molecule has 322 valence electrons. The van der Waals surface area contributed by atoms with Crippen LogP contribution in [0.25, 0.3) is 10.1 Å². The van der Waals surface area contributed by atoms with E-state index < -0.39 is 5.60 Å². The van der Waals surface area contributed by atoms with Crippen molar-refractivity contribution in [3.8, 4) is 0 Å². The van der Waals surface area contributed by atoms with Crippen LogP contribution in [0, 0.1) is 17.8 Å². The average Bonchev–Trinajstić information content (AvgIpc) is 3.73. The molecule has 4 heterocycles. The van der Waals surface area contributed by atoms with E-state index in [2.05, 4.69) is 50.9 Å².